The van der Waals surface area contributed by atoms with Crippen LogP contribution in [0.25, 0.3) is 0 Å². The second-order valence-corrected chi connectivity index (χ2v) is 7.05. The highest BCUT2D eigenvalue weighted by Gasteiger charge is 2.35. The molecule has 8 heteroatoms. The van der Waals surface area contributed by atoms with E-state index >= 15 is 0 Å². The lowest BCUT2D eigenvalue weighted by molar-refractivity contribution is -0.134. The molecule has 1 N–H and O–H groups in total. The van der Waals surface area contributed by atoms with Gasteiger partial charge in [-0.15, -0.1) is 0 Å². The van der Waals surface area contributed by atoms with Gasteiger partial charge in [0.15, 0.2) is 0 Å². The van der Waals surface area contributed by atoms with E-state index < -0.39 is 6.61 Å². The molecule has 1 unspecified atom stereocenters. The molecule has 0 spiro atoms. The number of benzene rings is 1. The monoisotopic (exact) mass is 388 g/mol. The molecule has 1 aromatic carbocycles. The van der Waals surface area contributed by atoms with Crippen LogP contribution in [0.2, 0.25) is 5.02 Å². The molecule has 1 atom stereocenters. The number of carbonyl (C=O) groups excluding carboxylic acids is 1. The van der Waals surface area contributed by atoms with Crippen LogP contribution in [-0.2, 0) is 16.1 Å². The number of alkyl halides is 2. The first-order valence-corrected chi connectivity index (χ1v) is 9.27. The van der Waals surface area contributed by atoms with Gasteiger partial charge >= 0.3 is 6.61 Å². The fourth-order valence-corrected chi connectivity index (χ4v) is 3.91. The summed E-state index contributed by atoms with van der Waals surface area (Å²) in [5, 5.41) is 3.21. The van der Waals surface area contributed by atoms with Crippen LogP contribution in [0.1, 0.15) is 31.2 Å². The summed E-state index contributed by atoms with van der Waals surface area (Å²) in [6, 6.07) is 4.43. The molecule has 144 valence electrons. The first-order chi connectivity index (χ1) is 12.5. The van der Waals surface area contributed by atoms with E-state index in [-0.39, 0.29) is 24.2 Å². The van der Waals surface area contributed by atoms with Crippen molar-refractivity contribution >= 4 is 17.5 Å². The molecule has 5 nitrogen and oxygen atoms in total. The summed E-state index contributed by atoms with van der Waals surface area (Å²) < 4.78 is 35.1. The molecule has 1 saturated carbocycles. The molecular weight excluding hydrogens is 366 g/mol. The minimum atomic E-state index is -2.93. The van der Waals surface area contributed by atoms with Gasteiger partial charge in [-0.1, -0.05) is 24.4 Å². The second kappa shape index (κ2) is 8.97. The van der Waals surface area contributed by atoms with Crippen LogP contribution in [0, 0.1) is 0 Å². The van der Waals surface area contributed by atoms with E-state index in [9.17, 15) is 13.6 Å². The third-order valence-electron chi connectivity index (χ3n) is 4.96. The van der Waals surface area contributed by atoms with Crippen molar-refractivity contribution in [3.63, 3.8) is 0 Å². The van der Waals surface area contributed by atoms with Crippen molar-refractivity contribution in [3.05, 3.63) is 28.8 Å². The van der Waals surface area contributed by atoms with E-state index in [1.807, 2.05) is 0 Å². The molecule has 1 aliphatic carbocycles. The van der Waals surface area contributed by atoms with Crippen molar-refractivity contribution < 1.29 is 23.0 Å². The number of morpholine rings is 1. The number of hydrogen-bond donors (Lipinski definition) is 1. The van der Waals surface area contributed by atoms with Crippen molar-refractivity contribution in [2.75, 3.05) is 19.8 Å². The second-order valence-electron chi connectivity index (χ2n) is 6.62. The third-order valence-corrected chi connectivity index (χ3v) is 5.19. The summed E-state index contributed by atoms with van der Waals surface area (Å²) in [5.74, 6) is -0.156. The smallest absolute Gasteiger partial charge is 0.387 e. The summed E-state index contributed by atoms with van der Waals surface area (Å²) in [6.07, 6.45) is 4.58. The summed E-state index contributed by atoms with van der Waals surface area (Å²) in [5.41, 5.74) is 0.412. The fraction of sp³-hybridized carbons (Fsp3) is 0.611. The Morgan fingerprint density at radius 3 is 2.88 bits per heavy atom. The first kappa shape index (κ1) is 19.3. The Morgan fingerprint density at radius 1 is 1.38 bits per heavy atom. The molecule has 2 fully saturated rings. The maximum absolute atomic E-state index is 12.7. The third kappa shape index (κ3) is 4.84. The van der Waals surface area contributed by atoms with E-state index in [2.05, 4.69) is 15.0 Å². The predicted molar refractivity (Wildman–Crippen MR) is 93.5 cm³/mol. The van der Waals surface area contributed by atoms with E-state index in [1.54, 1.807) is 0 Å². The Balaban J connectivity index is 1.65. The van der Waals surface area contributed by atoms with Gasteiger partial charge in [0, 0.05) is 29.7 Å². The van der Waals surface area contributed by atoms with Gasteiger partial charge in [-0.2, -0.15) is 8.78 Å². The fourth-order valence-electron chi connectivity index (χ4n) is 3.71. The summed E-state index contributed by atoms with van der Waals surface area (Å²) in [4.78, 5) is 14.9. The molecular formula is C18H23ClF2N2O3. The van der Waals surface area contributed by atoms with Crippen LogP contribution in [0.3, 0.4) is 0 Å². The highest BCUT2D eigenvalue weighted by atomic mass is 35.5. The number of carbonyl (C=O) groups is 1. The van der Waals surface area contributed by atoms with Crippen LogP contribution in [0.5, 0.6) is 5.75 Å². The lowest BCUT2D eigenvalue weighted by Crippen LogP contribution is -2.56. The molecule has 26 heavy (non-hydrogen) atoms. The number of amides is 1. The van der Waals surface area contributed by atoms with Gasteiger partial charge in [0.25, 0.3) is 0 Å². The highest BCUT2D eigenvalue weighted by Crippen LogP contribution is 2.27. The van der Waals surface area contributed by atoms with E-state index in [4.69, 9.17) is 16.3 Å². The number of halogens is 3. The largest absolute Gasteiger partial charge is 0.434 e. The van der Waals surface area contributed by atoms with Gasteiger partial charge in [-0.05, 0) is 31.0 Å². The Hall–Kier alpha value is -1.44. The average Bonchev–Trinajstić information content (AvgIpc) is 3.16. The number of ether oxygens (including phenoxy) is 2. The van der Waals surface area contributed by atoms with Gasteiger partial charge in [0.1, 0.15) is 11.8 Å². The average molecular weight is 389 g/mol. The molecule has 1 aromatic rings. The zero-order valence-electron chi connectivity index (χ0n) is 14.4. The highest BCUT2D eigenvalue weighted by molar-refractivity contribution is 6.30. The van der Waals surface area contributed by atoms with Crippen LogP contribution in [0.15, 0.2) is 18.2 Å². The van der Waals surface area contributed by atoms with Crippen molar-refractivity contribution in [1.29, 1.82) is 0 Å². The summed E-state index contributed by atoms with van der Waals surface area (Å²) in [7, 11) is 0. The molecule has 1 amide bonds. The van der Waals surface area contributed by atoms with E-state index in [0.717, 1.165) is 19.4 Å². The number of hydrogen-bond acceptors (Lipinski definition) is 4. The zero-order chi connectivity index (χ0) is 18.5. The van der Waals surface area contributed by atoms with Crippen molar-refractivity contribution in [2.24, 2.45) is 0 Å². The van der Waals surface area contributed by atoms with Crippen LogP contribution in [-0.4, -0.2) is 49.3 Å². The molecule has 2 aliphatic rings. The molecule has 1 aliphatic heterocycles. The van der Waals surface area contributed by atoms with Crippen molar-refractivity contribution in [2.45, 2.75) is 50.9 Å². The van der Waals surface area contributed by atoms with Gasteiger partial charge in [0.05, 0.1) is 13.2 Å². The van der Waals surface area contributed by atoms with Crippen molar-refractivity contribution in [1.82, 2.24) is 10.2 Å². The molecule has 0 aromatic heterocycles. The van der Waals surface area contributed by atoms with Crippen LogP contribution < -0.4 is 10.1 Å². The number of nitrogens with one attached hydrogen (secondary N) is 1. The number of rotatable bonds is 6. The maximum atomic E-state index is 12.7. The molecule has 0 radical (unpaired) electrons. The Labute approximate surface area is 156 Å². The lowest BCUT2D eigenvalue weighted by atomic mass is 10.1. The topological polar surface area (TPSA) is 50.8 Å². The predicted octanol–water partition coefficient (Wildman–Crippen LogP) is 3.20. The van der Waals surface area contributed by atoms with Gasteiger partial charge in [0.2, 0.25) is 5.91 Å². The standard InChI is InChI=1S/C18H23ClF2N2O3/c19-13-5-6-16(26-18(20)21)12(9-13)10-22-17(24)15-11-25-8-7-23(15)14-3-1-2-4-14/h5-6,9,14-15,18H,1-4,7-8,10-11H2,(H,22,24). The normalized spacial score (nSPS) is 21.9. The van der Waals surface area contributed by atoms with Crippen LogP contribution in [0.4, 0.5) is 8.78 Å². The van der Waals surface area contributed by atoms with Crippen molar-refractivity contribution in [3.8, 4) is 5.75 Å². The molecule has 0 bridgehead atoms. The molecule has 1 saturated heterocycles. The Bertz CT molecular complexity index is 626. The quantitative estimate of drug-likeness (QED) is 0.813. The van der Waals surface area contributed by atoms with E-state index in [0.29, 0.717) is 29.8 Å². The zero-order valence-corrected chi connectivity index (χ0v) is 15.2. The maximum Gasteiger partial charge on any atom is 0.387 e. The number of nitrogens with zero attached hydrogens (tertiary/aromatic N) is 1. The minimum absolute atomic E-state index is 0.0113. The lowest BCUT2D eigenvalue weighted by Gasteiger charge is -2.38. The van der Waals surface area contributed by atoms with Crippen LogP contribution >= 0.6 is 11.6 Å². The van der Waals surface area contributed by atoms with Gasteiger partial charge in [-0.25, -0.2) is 0 Å². The molecule has 1 heterocycles. The first-order valence-electron chi connectivity index (χ1n) is 8.89. The van der Waals surface area contributed by atoms with E-state index in [1.165, 1.54) is 31.0 Å². The Morgan fingerprint density at radius 2 is 2.15 bits per heavy atom. The summed E-state index contributed by atoms with van der Waals surface area (Å²) in [6.45, 7) is -1.16. The SMILES string of the molecule is O=C(NCc1cc(Cl)ccc1OC(F)F)C1COCCN1C1CCCC1. The van der Waals surface area contributed by atoms with Gasteiger partial charge in [-0.3, -0.25) is 9.69 Å². The minimum Gasteiger partial charge on any atom is -0.434 e. The molecule has 3 rings (SSSR count). The van der Waals surface area contributed by atoms with Gasteiger partial charge < -0.3 is 14.8 Å². The summed E-state index contributed by atoms with van der Waals surface area (Å²) >= 11 is 5.94. The Kier molecular flexibility index (Phi) is 6.67.